The van der Waals surface area contributed by atoms with Crippen LogP contribution in [-0.2, 0) is 19.3 Å². The van der Waals surface area contributed by atoms with Crippen molar-refractivity contribution >= 4 is 56.5 Å². The van der Waals surface area contributed by atoms with E-state index in [1.165, 1.54) is 0 Å². The van der Waals surface area contributed by atoms with Crippen LogP contribution in [0.4, 0.5) is 32.3 Å². The smallest absolute Gasteiger partial charge is 0.323 e. The minimum atomic E-state index is -3.28. The number of anilines is 4. The predicted octanol–water partition coefficient (Wildman–Crippen LogP) is 12.5. The fraction of sp³-hybridized carbons (Fsp3) is 0.167. The fourth-order valence-corrected chi connectivity index (χ4v) is 5.92. The number of carbonyl (C=O) groups is 4. The van der Waals surface area contributed by atoms with Crippen molar-refractivity contribution in [3.8, 4) is 11.5 Å². The van der Waals surface area contributed by atoms with E-state index in [-0.39, 0.29) is 11.9 Å². The van der Waals surface area contributed by atoms with Gasteiger partial charge in [0.25, 0.3) is 0 Å². The molecule has 4 amide bonds. The molecule has 0 spiro atoms. The molecule has 5 N–H and O–H groups in total. The minimum Gasteiger partial charge on any atom is -0.427 e. The van der Waals surface area contributed by atoms with Crippen molar-refractivity contribution in [1.29, 1.82) is 4.78 Å². The van der Waals surface area contributed by atoms with Gasteiger partial charge in [0.2, 0.25) is 0 Å². The first-order valence-electron chi connectivity index (χ1n) is 19.8. The number of hydrogen-bond donors (Lipinski definition) is 5. The zero-order chi connectivity index (χ0) is 44.9. The number of ether oxygens (including phenoxy) is 2. The number of para-hydroxylation sites is 4. The summed E-state index contributed by atoms with van der Waals surface area (Å²) in [4.78, 5) is 46.4. The van der Waals surface area contributed by atoms with E-state index < -0.39 is 21.8 Å². The molecule has 320 valence electrons. The zero-order valence-corrected chi connectivity index (χ0v) is 36.2. The van der Waals surface area contributed by atoms with Crippen molar-refractivity contribution in [3.63, 3.8) is 0 Å². The van der Waals surface area contributed by atoms with E-state index in [2.05, 4.69) is 21.3 Å². The Labute approximate surface area is 359 Å². The lowest BCUT2D eigenvalue weighted by molar-refractivity contribution is -0.134. The maximum Gasteiger partial charge on any atom is 0.323 e. The van der Waals surface area contributed by atoms with Crippen molar-refractivity contribution in [2.24, 2.45) is 0 Å². The maximum absolute atomic E-state index is 13.2. The number of urea groups is 2. The van der Waals surface area contributed by atoms with Crippen LogP contribution in [0, 0.1) is 4.78 Å². The number of esters is 2. The van der Waals surface area contributed by atoms with E-state index in [1.54, 1.807) is 111 Å². The number of nitrogens with one attached hydrogen (secondary N) is 5. The average molecular weight is 846 g/mol. The molecule has 0 aliphatic carbocycles. The summed E-state index contributed by atoms with van der Waals surface area (Å²) in [5.74, 6) is 0.825. The normalized spacial score (nSPS) is 9.67. The van der Waals surface area contributed by atoms with Gasteiger partial charge in [0.1, 0.15) is 21.2 Å². The molecule has 0 aliphatic rings. The standard InChI is InChI=1S/C26H23N5O3S.2C9H10O2.2C2H6/c27-35(34,23-15-11-21(12-16-23)30-25(32)28-19-7-3-1-4-8-19)24-17-13-22(14-18-24)31-26(33)29-20-9-5-2-6-10-20;2*1-2-9(10)11-8-6-4-3-5-7-8;2*1-2/h1-18,27H,(H2,28,30,32)(H2,29,31,33);2*3-7H,2H2,1H3;2*1-2H3. The molecule has 0 radical (unpaired) electrons. The van der Waals surface area contributed by atoms with Gasteiger partial charge in [0.15, 0.2) is 0 Å². The first kappa shape index (κ1) is 49.9. The highest BCUT2D eigenvalue weighted by molar-refractivity contribution is 7.92. The molecule has 0 aliphatic heterocycles. The molecule has 6 aromatic carbocycles. The second-order valence-corrected chi connectivity index (χ2v) is 13.8. The number of hydrogen-bond acceptors (Lipinski definition) is 8. The Hall–Kier alpha value is -7.25. The highest BCUT2D eigenvalue weighted by Gasteiger charge is 2.14. The van der Waals surface area contributed by atoms with E-state index >= 15 is 0 Å². The molecule has 6 rings (SSSR count). The third-order valence-electron chi connectivity index (χ3n) is 7.48. The third kappa shape index (κ3) is 18.9. The van der Waals surface area contributed by atoms with Gasteiger partial charge < -0.3 is 30.7 Å². The molecule has 0 unspecified atom stereocenters. The van der Waals surface area contributed by atoms with Crippen molar-refractivity contribution in [1.82, 2.24) is 0 Å². The van der Waals surface area contributed by atoms with Crippen LogP contribution in [0.15, 0.2) is 180 Å². The predicted molar refractivity (Wildman–Crippen MR) is 246 cm³/mol. The Morgan fingerprint density at radius 3 is 0.934 bits per heavy atom. The van der Waals surface area contributed by atoms with Crippen LogP contribution in [-0.4, -0.2) is 28.2 Å². The minimum absolute atomic E-state index is 0.198. The molecule has 13 heteroatoms. The van der Waals surface area contributed by atoms with E-state index in [4.69, 9.17) is 14.3 Å². The first-order chi connectivity index (χ1) is 29.5. The van der Waals surface area contributed by atoms with E-state index in [1.807, 2.05) is 100 Å². The van der Waals surface area contributed by atoms with Crippen molar-refractivity contribution in [2.45, 2.75) is 64.2 Å². The Morgan fingerprint density at radius 1 is 0.426 bits per heavy atom. The monoisotopic (exact) mass is 845 g/mol. The van der Waals surface area contributed by atoms with E-state index in [9.17, 15) is 23.4 Å². The molecule has 61 heavy (non-hydrogen) atoms. The SMILES string of the molecule is CC.CC.CCC(=O)Oc1ccccc1.CCC(=O)Oc1ccccc1.N=S(=O)(c1ccc(NC(=O)Nc2ccccc2)cc1)c1ccc(NC(=O)Nc2ccccc2)cc1. The Morgan fingerprint density at radius 2 is 0.672 bits per heavy atom. The molecule has 0 heterocycles. The Kier molecular flexibility index (Phi) is 23.1. The largest absolute Gasteiger partial charge is 0.427 e. The lowest BCUT2D eigenvalue weighted by Gasteiger charge is -2.12. The molecule has 0 aromatic heterocycles. The van der Waals surface area contributed by atoms with Gasteiger partial charge in [-0.25, -0.2) is 18.6 Å². The number of rotatable bonds is 10. The molecule has 6 aromatic rings. The summed E-state index contributed by atoms with van der Waals surface area (Å²) < 4.78 is 31.5. The topological polar surface area (TPSA) is 176 Å². The van der Waals surface area contributed by atoms with Crippen LogP contribution in [0.2, 0.25) is 0 Å². The summed E-state index contributed by atoms with van der Waals surface area (Å²) in [6, 6.07) is 47.9. The lowest BCUT2D eigenvalue weighted by Crippen LogP contribution is -2.19. The number of amides is 4. The number of carbonyl (C=O) groups excluding carboxylic acids is 4. The van der Waals surface area contributed by atoms with Crippen LogP contribution in [0.25, 0.3) is 0 Å². The van der Waals surface area contributed by atoms with Gasteiger partial charge in [-0.05, 0) is 97.1 Å². The van der Waals surface area contributed by atoms with Crippen LogP contribution >= 0.6 is 0 Å². The van der Waals surface area contributed by atoms with E-state index in [0.29, 0.717) is 56.9 Å². The maximum atomic E-state index is 13.2. The summed E-state index contributed by atoms with van der Waals surface area (Å²) in [5, 5.41) is 10.8. The van der Waals surface area contributed by atoms with Crippen LogP contribution < -0.4 is 30.7 Å². The lowest BCUT2D eigenvalue weighted by atomic mass is 10.3. The summed E-state index contributed by atoms with van der Waals surface area (Å²) in [6.45, 7) is 11.5. The van der Waals surface area contributed by atoms with Crippen molar-refractivity contribution in [3.05, 3.63) is 170 Å². The zero-order valence-electron chi connectivity index (χ0n) is 35.3. The summed E-state index contributed by atoms with van der Waals surface area (Å²) in [7, 11) is -3.28. The van der Waals surface area contributed by atoms with Crippen molar-refractivity contribution in [2.75, 3.05) is 21.3 Å². The van der Waals surface area contributed by atoms with Gasteiger partial charge in [-0.15, -0.1) is 0 Å². The molecular weight excluding hydrogens is 791 g/mol. The fourth-order valence-electron chi connectivity index (χ4n) is 4.61. The van der Waals surface area contributed by atoms with Gasteiger partial charge in [-0.3, -0.25) is 9.59 Å². The average Bonchev–Trinajstić information content (AvgIpc) is 3.30. The van der Waals surface area contributed by atoms with Crippen molar-refractivity contribution < 1.29 is 32.9 Å². The summed E-state index contributed by atoms with van der Waals surface area (Å²) >= 11 is 0. The van der Waals surface area contributed by atoms with Crippen LogP contribution in [0.5, 0.6) is 11.5 Å². The Balaban J connectivity index is 0.000000400. The molecule has 0 saturated carbocycles. The highest BCUT2D eigenvalue weighted by atomic mass is 32.2. The van der Waals surface area contributed by atoms with Gasteiger partial charge in [0.05, 0.1) is 9.79 Å². The summed E-state index contributed by atoms with van der Waals surface area (Å²) in [6.07, 6.45) is 0.823. The molecule has 0 saturated heterocycles. The molecular formula is C48H55N5O7S. The Bertz CT molecular complexity index is 2120. The van der Waals surface area contributed by atoms with Gasteiger partial charge in [-0.1, -0.05) is 114 Å². The second-order valence-electron chi connectivity index (χ2n) is 11.8. The van der Waals surface area contributed by atoms with Crippen LogP contribution in [0.3, 0.4) is 0 Å². The van der Waals surface area contributed by atoms with E-state index in [0.717, 1.165) is 0 Å². The van der Waals surface area contributed by atoms with Gasteiger partial charge in [0, 0.05) is 35.6 Å². The first-order valence-corrected chi connectivity index (χ1v) is 21.4. The quantitative estimate of drug-likeness (QED) is 0.0673. The highest BCUT2D eigenvalue weighted by Crippen LogP contribution is 2.25. The van der Waals surface area contributed by atoms with Gasteiger partial charge in [-0.2, -0.15) is 0 Å². The van der Waals surface area contributed by atoms with Gasteiger partial charge >= 0.3 is 24.0 Å². The molecule has 12 nitrogen and oxygen atoms in total. The number of benzene rings is 6. The summed E-state index contributed by atoms with van der Waals surface area (Å²) in [5.41, 5.74) is 2.32. The molecule has 0 bridgehead atoms. The molecule has 0 atom stereocenters. The second kappa shape index (κ2) is 28.2. The molecule has 0 fully saturated rings. The van der Waals surface area contributed by atoms with Crippen LogP contribution in [0.1, 0.15) is 54.4 Å². The third-order valence-corrected chi connectivity index (χ3v) is 9.35.